The first-order valence-electron chi connectivity index (χ1n) is 5.48. The first-order valence-corrected chi connectivity index (χ1v) is 5.48. The Morgan fingerprint density at radius 1 is 1.31 bits per heavy atom. The van der Waals surface area contributed by atoms with E-state index in [1.54, 1.807) is 20.8 Å². The molecular formula is C12H20O4. The summed E-state index contributed by atoms with van der Waals surface area (Å²) in [6, 6.07) is 0. The quantitative estimate of drug-likeness (QED) is 0.380. The Hall–Kier alpha value is -1.32. The van der Waals surface area contributed by atoms with Crippen LogP contribution in [0, 0.1) is 5.92 Å². The highest BCUT2D eigenvalue weighted by Gasteiger charge is 2.13. The monoisotopic (exact) mass is 228 g/mol. The molecule has 0 aliphatic carbocycles. The third-order valence-corrected chi connectivity index (χ3v) is 2.05. The molecule has 1 atom stereocenters. The zero-order valence-electron chi connectivity index (χ0n) is 10.2. The molecule has 4 nitrogen and oxygen atoms in total. The van der Waals surface area contributed by atoms with Crippen molar-refractivity contribution in [3.63, 3.8) is 0 Å². The maximum atomic E-state index is 11.2. The second-order valence-corrected chi connectivity index (χ2v) is 3.71. The minimum Gasteiger partial charge on any atom is -0.466 e. The van der Waals surface area contributed by atoms with E-state index in [1.807, 2.05) is 0 Å². The van der Waals surface area contributed by atoms with E-state index in [0.717, 1.165) is 0 Å². The second-order valence-electron chi connectivity index (χ2n) is 3.71. The van der Waals surface area contributed by atoms with Crippen molar-refractivity contribution < 1.29 is 19.1 Å². The molecule has 0 heterocycles. The number of ether oxygens (including phenoxy) is 2. The third-order valence-electron chi connectivity index (χ3n) is 2.05. The van der Waals surface area contributed by atoms with Gasteiger partial charge >= 0.3 is 11.9 Å². The number of rotatable bonds is 7. The van der Waals surface area contributed by atoms with Crippen molar-refractivity contribution in [1.82, 2.24) is 0 Å². The maximum Gasteiger partial charge on any atom is 0.333 e. The van der Waals surface area contributed by atoms with Gasteiger partial charge in [0.05, 0.1) is 19.1 Å². The number of carbonyl (C=O) groups excluding carboxylic acids is 2. The highest BCUT2D eigenvalue weighted by atomic mass is 16.5. The molecule has 0 radical (unpaired) electrons. The van der Waals surface area contributed by atoms with Gasteiger partial charge in [-0.2, -0.15) is 0 Å². The summed E-state index contributed by atoms with van der Waals surface area (Å²) in [4.78, 5) is 22.2. The summed E-state index contributed by atoms with van der Waals surface area (Å²) in [6.45, 7) is 9.37. The van der Waals surface area contributed by atoms with Crippen LogP contribution in [0.2, 0.25) is 0 Å². The molecule has 0 aliphatic heterocycles. The molecule has 0 saturated heterocycles. The van der Waals surface area contributed by atoms with Gasteiger partial charge in [-0.1, -0.05) is 13.5 Å². The maximum absolute atomic E-state index is 11.2. The minimum atomic E-state index is -0.385. The van der Waals surface area contributed by atoms with Crippen molar-refractivity contribution in [3.8, 4) is 0 Å². The molecule has 92 valence electrons. The number of esters is 2. The van der Waals surface area contributed by atoms with E-state index < -0.39 is 0 Å². The fraction of sp³-hybridized carbons (Fsp3) is 0.667. The zero-order valence-corrected chi connectivity index (χ0v) is 10.2. The van der Waals surface area contributed by atoms with E-state index in [-0.39, 0.29) is 17.9 Å². The van der Waals surface area contributed by atoms with Crippen LogP contribution >= 0.6 is 0 Å². The van der Waals surface area contributed by atoms with Gasteiger partial charge in [-0.15, -0.1) is 0 Å². The van der Waals surface area contributed by atoms with Crippen LogP contribution in [0.25, 0.3) is 0 Å². The summed E-state index contributed by atoms with van der Waals surface area (Å²) in [5.74, 6) is -0.735. The van der Waals surface area contributed by atoms with Gasteiger partial charge in [-0.3, -0.25) is 4.79 Å². The third kappa shape index (κ3) is 6.22. The lowest BCUT2D eigenvalue weighted by molar-refractivity contribution is -0.147. The van der Waals surface area contributed by atoms with E-state index in [9.17, 15) is 9.59 Å². The second kappa shape index (κ2) is 7.91. The van der Waals surface area contributed by atoms with E-state index >= 15 is 0 Å². The molecule has 0 aromatic heterocycles. The summed E-state index contributed by atoms with van der Waals surface area (Å²) >= 11 is 0. The Kier molecular flexibility index (Phi) is 7.25. The summed E-state index contributed by atoms with van der Waals surface area (Å²) in [6.07, 6.45) is 1.31. The van der Waals surface area contributed by atoms with Gasteiger partial charge in [0.1, 0.15) is 0 Å². The SMILES string of the molecule is C=C(C)C(=O)OCCCC(C)C(=O)OCC. The van der Waals surface area contributed by atoms with Crippen molar-refractivity contribution in [2.45, 2.75) is 33.6 Å². The molecule has 16 heavy (non-hydrogen) atoms. The summed E-state index contributed by atoms with van der Waals surface area (Å²) in [5.41, 5.74) is 0.387. The van der Waals surface area contributed by atoms with Crippen LogP contribution in [0.5, 0.6) is 0 Å². The standard InChI is InChI=1S/C12H20O4/c1-5-15-12(14)10(4)7-6-8-16-11(13)9(2)3/h10H,2,5-8H2,1,3-4H3. The van der Waals surface area contributed by atoms with Crippen LogP contribution in [0.3, 0.4) is 0 Å². The Balaban J connectivity index is 3.62. The van der Waals surface area contributed by atoms with Crippen LogP contribution < -0.4 is 0 Å². The highest BCUT2D eigenvalue weighted by Crippen LogP contribution is 2.08. The molecular weight excluding hydrogens is 208 g/mol. The zero-order chi connectivity index (χ0) is 12.6. The van der Waals surface area contributed by atoms with Gasteiger partial charge in [-0.05, 0) is 26.7 Å². The number of hydrogen-bond acceptors (Lipinski definition) is 4. The molecule has 0 rings (SSSR count). The molecule has 0 fully saturated rings. The fourth-order valence-electron chi connectivity index (χ4n) is 1.08. The lowest BCUT2D eigenvalue weighted by atomic mass is 10.1. The van der Waals surface area contributed by atoms with Crippen molar-refractivity contribution in [3.05, 3.63) is 12.2 Å². The van der Waals surface area contributed by atoms with Gasteiger partial charge < -0.3 is 9.47 Å². The van der Waals surface area contributed by atoms with Crippen molar-refractivity contribution >= 4 is 11.9 Å². The van der Waals surface area contributed by atoms with Crippen LogP contribution in [0.4, 0.5) is 0 Å². The average molecular weight is 228 g/mol. The van der Waals surface area contributed by atoms with Gasteiger partial charge in [-0.25, -0.2) is 4.79 Å². The number of carbonyl (C=O) groups is 2. The van der Waals surface area contributed by atoms with Gasteiger partial charge in [0, 0.05) is 5.57 Å². The Morgan fingerprint density at radius 2 is 1.94 bits per heavy atom. The Bertz CT molecular complexity index is 258. The molecule has 0 aromatic rings. The Morgan fingerprint density at radius 3 is 2.44 bits per heavy atom. The predicted molar refractivity (Wildman–Crippen MR) is 60.8 cm³/mol. The molecule has 0 bridgehead atoms. The minimum absolute atomic E-state index is 0.150. The van der Waals surface area contributed by atoms with Gasteiger partial charge in [0.25, 0.3) is 0 Å². The fourth-order valence-corrected chi connectivity index (χ4v) is 1.08. The molecule has 0 spiro atoms. The summed E-state index contributed by atoms with van der Waals surface area (Å²) in [5, 5.41) is 0. The molecule has 0 saturated carbocycles. The molecule has 1 unspecified atom stereocenters. The van der Waals surface area contributed by atoms with Crippen LogP contribution in [-0.4, -0.2) is 25.2 Å². The molecule has 0 N–H and O–H groups in total. The lowest BCUT2D eigenvalue weighted by Crippen LogP contribution is -2.15. The van der Waals surface area contributed by atoms with Crippen molar-refractivity contribution in [2.75, 3.05) is 13.2 Å². The van der Waals surface area contributed by atoms with Gasteiger partial charge in [0.15, 0.2) is 0 Å². The van der Waals surface area contributed by atoms with E-state index in [2.05, 4.69) is 6.58 Å². The van der Waals surface area contributed by atoms with Crippen molar-refractivity contribution in [1.29, 1.82) is 0 Å². The van der Waals surface area contributed by atoms with E-state index in [4.69, 9.17) is 9.47 Å². The lowest BCUT2D eigenvalue weighted by Gasteiger charge is -2.10. The van der Waals surface area contributed by atoms with E-state index in [1.165, 1.54) is 0 Å². The highest BCUT2D eigenvalue weighted by molar-refractivity contribution is 5.86. The molecule has 0 aromatic carbocycles. The van der Waals surface area contributed by atoms with Crippen LogP contribution in [0.1, 0.15) is 33.6 Å². The normalized spacial score (nSPS) is 11.7. The first kappa shape index (κ1) is 14.7. The van der Waals surface area contributed by atoms with Crippen LogP contribution in [-0.2, 0) is 19.1 Å². The summed E-state index contributed by atoms with van der Waals surface area (Å²) in [7, 11) is 0. The largest absolute Gasteiger partial charge is 0.466 e. The molecule has 0 amide bonds. The predicted octanol–water partition coefficient (Wildman–Crippen LogP) is 2.09. The molecule has 4 heteroatoms. The topological polar surface area (TPSA) is 52.6 Å². The van der Waals surface area contributed by atoms with Gasteiger partial charge in [0.2, 0.25) is 0 Å². The average Bonchev–Trinajstić information content (AvgIpc) is 2.23. The van der Waals surface area contributed by atoms with E-state index in [0.29, 0.717) is 31.6 Å². The smallest absolute Gasteiger partial charge is 0.333 e. The van der Waals surface area contributed by atoms with Crippen molar-refractivity contribution in [2.24, 2.45) is 5.92 Å². The first-order chi connectivity index (χ1) is 7.49. The number of hydrogen-bond donors (Lipinski definition) is 0. The van der Waals surface area contributed by atoms with Crippen LogP contribution in [0.15, 0.2) is 12.2 Å². The Labute approximate surface area is 96.6 Å². The molecule has 0 aliphatic rings. The summed E-state index contributed by atoms with van der Waals surface area (Å²) < 4.78 is 9.76.